The topological polar surface area (TPSA) is 35.2 Å². The Kier molecular flexibility index (Phi) is 5.86. The zero-order valence-electron chi connectivity index (χ0n) is 13.2. The first-order valence-electron chi connectivity index (χ1n) is 7.37. The summed E-state index contributed by atoms with van der Waals surface area (Å²) in [5.74, 6) is 1.04. The maximum absolute atomic E-state index is 5.79. The van der Waals surface area contributed by atoms with E-state index in [2.05, 4.69) is 39.8 Å². The van der Waals surface area contributed by atoms with Gasteiger partial charge in [0.1, 0.15) is 5.75 Å². The summed E-state index contributed by atoms with van der Waals surface area (Å²) in [4.78, 5) is 0. The van der Waals surface area contributed by atoms with E-state index in [4.69, 9.17) is 10.5 Å². The van der Waals surface area contributed by atoms with Gasteiger partial charge in [-0.3, -0.25) is 0 Å². The number of nitrogens with two attached hydrogens (primary N) is 1. The van der Waals surface area contributed by atoms with E-state index in [0.29, 0.717) is 0 Å². The van der Waals surface area contributed by atoms with Gasteiger partial charge in [0.2, 0.25) is 0 Å². The molecule has 0 aliphatic carbocycles. The van der Waals surface area contributed by atoms with Crippen molar-refractivity contribution in [2.75, 3.05) is 13.2 Å². The monoisotopic (exact) mass is 263 g/mol. The second kappa shape index (κ2) is 6.95. The van der Waals surface area contributed by atoms with Gasteiger partial charge in [-0.15, -0.1) is 0 Å². The highest BCUT2D eigenvalue weighted by atomic mass is 16.5. The molecule has 1 aromatic carbocycles. The molecule has 0 amide bonds. The minimum absolute atomic E-state index is 0.153. The van der Waals surface area contributed by atoms with Crippen LogP contribution in [0, 0.1) is 6.92 Å². The van der Waals surface area contributed by atoms with Gasteiger partial charge in [0.25, 0.3) is 0 Å². The minimum atomic E-state index is 0.153. The van der Waals surface area contributed by atoms with Gasteiger partial charge in [-0.05, 0) is 67.8 Å². The third kappa shape index (κ3) is 4.54. The molecular weight excluding hydrogens is 234 g/mol. The summed E-state index contributed by atoms with van der Waals surface area (Å²) >= 11 is 0. The smallest absolute Gasteiger partial charge is 0.122 e. The lowest BCUT2D eigenvalue weighted by atomic mass is 9.82. The molecule has 0 radical (unpaired) electrons. The third-order valence-corrected chi connectivity index (χ3v) is 3.45. The molecular formula is C17H29NO. The molecule has 2 nitrogen and oxygen atoms in total. The highest BCUT2D eigenvalue weighted by Crippen LogP contribution is 2.33. The average Bonchev–Trinajstić information content (AvgIpc) is 2.32. The predicted octanol–water partition coefficient (Wildman–Crippen LogP) is 3.97. The fourth-order valence-electron chi connectivity index (χ4n) is 2.45. The normalized spacial score (nSPS) is 11.7. The van der Waals surface area contributed by atoms with E-state index in [1.165, 1.54) is 16.7 Å². The first-order valence-corrected chi connectivity index (χ1v) is 7.37. The fraction of sp³-hybridized carbons (Fsp3) is 0.647. The van der Waals surface area contributed by atoms with E-state index < -0.39 is 0 Å². The van der Waals surface area contributed by atoms with Crippen molar-refractivity contribution < 1.29 is 4.74 Å². The van der Waals surface area contributed by atoms with Gasteiger partial charge in [0.05, 0.1) is 6.61 Å². The average molecular weight is 263 g/mol. The zero-order chi connectivity index (χ0) is 14.5. The Bertz CT molecular complexity index is 404. The van der Waals surface area contributed by atoms with Crippen molar-refractivity contribution >= 4 is 0 Å². The Morgan fingerprint density at radius 3 is 2.37 bits per heavy atom. The molecule has 2 heteroatoms. The number of ether oxygens (including phenoxy) is 1. The van der Waals surface area contributed by atoms with Crippen LogP contribution < -0.4 is 10.5 Å². The van der Waals surface area contributed by atoms with Crippen molar-refractivity contribution in [3.05, 3.63) is 28.8 Å². The van der Waals surface area contributed by atoms with Gasteiger partial charge in [-0.25, -0.2) is 0 Å². The Labute approximate surface area is 118 Å². The summed E-state index contributed by atoms with van der Waals surface area (Å²) < 4.78 is 5.79. The summed E-state index contributed by atoms with van der Waals surface area (Å²) in [6.45, 7) is 12.5. The Hall–Kier alpha value is -1.02. The van der Waals surface area contributed by atoms with Crippen molar-refractivity contribution in [1.29, 1.82) is 0 Å². The van der Waals surface area contributed by atoms with Crippen molar-refractivity contribution in [2.45, 2.75) is 59.3 Å². The molecule has 19 heavy (non-hydrogen) atoms. The largest absolute Gasteiger partial charge is 0.494 e. The summed E-state index contributed by atoms with van der Waals surface area (Å²) in [6.07, 6.45) is 3.32. The number of aryl methyl sites for hydroxylation is 1. The molecule has 0 heterocycles. The highest BCUT2D eigenvalue weighted by molar-refractivity contribution is 5.46. The van der Waals surface area contributed by atoms with E-state index in [1.54, 1.807) is 0 Å². The molecule has 108 valence electrons. The first kappa shape index (κ1) is 16.0. The van der Waals surface area contributed by atoms with Crippen LogP contribution >= 0.6 is 0 Å². The van der Waals surface area contributed by atoms with Gasteiger partial charge in [-0.1, -0.05) is 26.8 Å². The molecule has 0 unspecified atom stereocenters. The number of rotatable bonds is 6. The van der Waals surface area contributed by atoms with Crippen LogP contribution in [0.25, 0.3) is 0 Å². The lowest BCUT2D eigenvalue weighted by molar-refractivity contribution is 0.336. The van der Waals surface area contributed by atoms with Gasteiger partial charge in [0, 0.05) is 0 Å². The van der Waals surface area contributed by atoms with Gasteiger partial charge < -0.3 is 10.5 Å². The zero-order valence-corrected chi connectivity index (χ0v) is 13.2. The number of unbranched alkanes of at least 4 members (excludes halogenated alkanes) is 1. The van der Waals surface area contributed by atoms with Crippen molar-refractivity contribution in [2.24, 2.45) is 5.73 Å². The molecule has 2 N–H and O–H groups in total. The van der Waals surface area contributed by atoms with Crippen LogP contribution in [-0.2, 0) is 11.8 Å². The van der Waals surface area contributed by atoms with Crippen LogP contribution in [-0.4, -0.2) is 13.2 Å². The molecule has 0 saturated carbocycles. The molecule has 0 bridgehead atoms. The quantitative estimate of drug-likeness (QED) is 0.788. The Balaban J connectivity index is 3.08. The molecule has 0 saturated heterocycles. The SMILES string of the molecule is CCOc1cc(CCCCN)cc(C(C)(C)C)c1C. The standard InChI is InChI=1S/C17H29NO/c1-6-19-16-12-14(9-7-8-10-18)11-15(13(16)2)17(3,4)5/h11-12H,6-10,18H2,1-5H3. The van der Waals surface area contributed by atoms with E-state index in [-0.39, 0.29) is 5.41 Å². The van der Waals surface area contributed by atoms with E-state index in [9.17, 15) is 0 Å². The Morgan fingerprint density at radius 1 is 1.16 bits per heavy atom. The van der Waals surface area contributed by atoms with Crippen molar-refractivity contribution in [1.82, 2.24) is 0 Å². The van der Waals surface area contributed by atoms with Crippen molar-refractivity contribution in [3.63, 3.8) is 0 Å². The van der Waals surface area contributed by atoms with Crippen LogP contribution in [0.4, 0.5) is 0 Å². The predicted molar refractivity (Wildman–Crippen MR) is 83.0 cm³/mol. The van der Waals surface area contributed by atoms with Crippen LogP contribution in [0.3, 0.4) is 0 Å². The maximum atomic E-state index is 5.79. The van der Waals surface area contributed by atoms with Crippen LogP contribution in [0.1, 0.15) is 57.2 Å². The molecule has 0 atom stereocenters. The van der Waals surface area contributed by atoms with Gasteiger partial charge in [0.15, 0.2) is 0 Å². The lowest BCUT2D eigenvalue weighted by Gasteiger charge is -2.24. The summed E-state index contributed by atoms with van der Waals surface area (Å²) in [5.41, 5.74) is 9.75. The number of benzene rings is 1. The molecule has 1 rings (SSSR count). The maximum Gasteiger partial charge on any atom is 0.122 e. The third-order valence-electron chi connectivity index (χ3n) is 3.45. The van der Waals surface area contributed by atoms with Crippen molar-refractivity contribution in [3.8, 4) is 5.75 Å². The Morgan fingerprint density at radius 2 is 1.84 bits per heavy atom. The number of hydrogen-bond acceptors (Lipinski definition) is 2. The van der Waals surface area contributed by atoms with E-state index in [0.717, 1.165) is 38.2 Å². The molecule has 0 aromatic heterocycles. The first-order chi connectivity index (χ1) is 8.90. The van der Waals surface area contributed by atoms with Crippen LogP contribution in [0.15, 0.2) is 12.1 Å². The lowest BCUT2D eigenvalue weighted by Crippen LogP contribution is -2.15. The second-order valence-corrected chi connectivity index (χ2v) is 6.20. The van der Waals surface area contributed by atoms with E-state index >= 15 is 0 Å². The van der Waals surface area contributed by atoms with Gasteiger partial charge in [-0.2, -0.15) is 0 Å². The summed E-state index contributed by atoms with van der Waals surface area (Å²) in [6, 6.07) is 4.54. The van der Waals surface area contributed by atoms with Crippen LogP contribution in [0.2, 0.25) is 0 Å². The fourth-order valence-corrected chi connectivity index (χ4v) is 2.45. The van der Waals surface area contributed by atoms with E-state index in [1.807, 2.05) is 6.92 Å². The second-order valence-electron chi connectivity index (χ2n) is 6.20. The van der Waals surface area contributed by atoms with Crippen LogP contribution in [0.5, 0.6) is 5.75 Å². The summed E-state index contributed by atoms with van der Waals surface area (Å²) in [5, 5.41) is 0. The molecule has 0 aliphatic heterocycles. The molecule has 1 aromatic rings. The minimum Gasteiger partial charge on any atom is -0.494 e. The number of hydrogen-bond donors (Lipinski definition) is 1. The summed E-state index contributed by atoms with van der Waals surface area (Å²) in [7, 11) is 0. The van der Waals surface area contributed by atoms with Gasteiger partial charge >= 0.3 is 0 Å². The molecule has 0 spiro atoms. The highest BCUT2D eigenvalue weighted by Gasteiger charge is 2.19. The molecule has 0 aliphatic rings. The molecule has 0 fully saturated rings.